The van der Waals surface area contributed by atoms with Gasteiger partial charge in [-0.05, 0) is 5.92 Å². The Labute approximate surface area is 62.2 Å². The molecular formula is C8H15NO. The van der Waals surface area contributed by atoms with Gasteiger partial charge in [0.1, 0.15) is 6.26 Å². The first-order valence-electron chi connectivity index (χ1n) is 3.71. The average Bonchev–Trinajstić information content (AvgIpc) is 2.42. The van der Waals surface area contributed by atoms with Crippen LogP contribution in [0.5, 0.6) is 0 Å². The Hall–Kier alpha value is -0.790. The van der Waals surface area contributed by atoms with Crippen LogP contribution in [-0.2, 0) is 0 Å². The van der Waals surface area contributed by atoms with Gasteiger partial charge >= 0.3 is 0 Å². The van der Waals surface area contributed by atoms with Crippen LogP contribution < -0.4 is 0 Å². The summed E-state index contributed by atoms with van der Waals surface area (Å²) in [7, 11) is 0. The molecule has 0 spiro atoms. The third-order valence-electron chi connectivity index (χ3n) is 1.05. The topological polar surface area (TPSA) is 26.0 Å². The standard InChI is InChI=1S/C6H9NO.C2H6/c1-5(2)6-3-4-8-7-6;1-2/h3-5H,1-2H3;1-2H3. The number of nitrogens with zero attached hydrogens (tertiary/aromatic N) is 1. The van der Waals surface area contributed by atoms with Gasteiger partial charge in [0.15, 0.2) is 0 Å². The molecule has 0 saturated carbocycles. The number of aromatic nitrogens is 1. The van der Waals surface area contributed by atoms with Crippen molar-refractivity contribution in [2.24, 2.45) is 0 Å². The van der Waals surface area contributed by atoms with Gasteiger partial charge in [-0.25, -0.2) is 0 Å². The average molecular weight is 141 g/mol. The van der Waals surface area contributed by atoms with Crippen molar-refractivity contribution in [3.63, 3.8) is 0 Å². The summed E-state index contributed by atoms with van der Waals surface area (Å²) >= 11 is 0. The molecule has 0 aromatic carbocycles. The largest absolute Gasteiger partial charge is 0.365 e. The summed E-state index contributed by atoms with van der Waals surface area (Å²) in [6.45, 7) is 8.16. The minimum absolute atomic E-state index is 0.480. The van der Waals surface area contributed by atoms with E-state index in [0.717, 1.165) is 5.69 Å². The lowest BCUT2D eigenvalue weighted by atomic mass is 10.1. The van der Waals surface area contributed by atoms with Crippen LogP contribution in [-0.4, -0.2) is 5.16 Å². The zero-order valence-electron chi connectivity index (χ0n) is 7.09. The molecule has 0 amide bonds. The van der Waals surface area contributed by atoms with Crippen molar-refractivity contribution in [3.05, 3.63) is 18.0 Å². The minimum atomic E-state index is 0.480. The summed E-state index contributed by atoms with van der Waals surface area (Å²) in [5, 5.41) is 3.74. The maximum atomic E-state index is 4.63. The van der Waals surface area contributed by atoms with Crippen LogP contribution in [0.25, 0.3) is 0 Å². The van der Waals surface area contributed by atoms with Crippen molar-refractivity contribution in [2.75, 3.05) is 0 Å². The molecule has 10 heavy (non-hydrogen) atoms. The summed E-state index contributed by atoms with van der Waals surface area (Å²) in [6, 6.07) is 1.88. The molecule has 2 nitrogen and oxygen atoms in total. The van der Waals surface area contributed by atoms with E-state index in [-0.39, 0.29) is 0 Å². The van der Waals surface area contributed by atoms with Crippen molar-refractivity contribution in [1.29, 1.82) is 0 Å². The molecule has 0 radical (unpaired) electrons. The van der Waals surface area contributed by atoms with E-state index in [1.165, 1.54) is 0 Å². The van der Waals surface area contributed by atoms with E-state index in [0.29, 0.717) is 5.92 Å². The maximum Gasteiger partial charge on any atom is 0.124 e. The summed E-state index contributed by atoms with van der Waals surface area (Å²) < 4.78 is 4.63. The van der Waals surface area contributed by atoms with E-state index >= 15 is 0 Å². The van der Waals surface area contributed by atoms with Crippen LogP contribution in [0.3, 0.4) is 0 Å². The van der Waals surface area contributed by atoms with Gasteiger partial charge in [0.25, 0.3) is 0 Å². The number of hydrogen-bond acceptors (Lipinski definition) is 2. The second kappa shape index (κ2) is 5.03. The van der Waals surface area contributed by atoms with Crippen LogP contribution >= 0.6 is 0 Å². The Morgan fingerprint density at radius 2 is 2.00 bits per heavy atom. The second-order valence-electron chi connectivity index (χ2n) is 2.08. The number of rotatable bonds is 1. The minimum Gasteiger partial charge on any atom is -0.365 e. The monoisotopic (exact) mass is 141 g/mol. The van der Waals surface area contributed by atoms with Gasteiger partial charge in [-0.15, -0.1) is 0 Å². The molecule has 1 aromatic rings. The van der Waals surface area contributed by atoms with Crippen LogP contribution in [0.2, 0.25) is 0 Å². The van der Waals surface area contributed by atoms with Crippen molar-refractivity contribution >= 4 is 0 Å². The summed E-state index contributed by atoms with van der Waals surface area (Å²) in [5.74, 6) is 0.480. The molecule has 2 heteroatoms. The quantitative estimate of drug-likeness (QED) is 0.601. The fourth-order valence-electron chi connectivity index (χ4n) is 0.520. The molecule has 1 rings (SSSR count). The maximum absolute atomic E-state index is 4.63. The van der Waals surface area contributed by atoms with E-state index in [4.69, 9.17) is 0 Å². The normalized spacial score (nSPS) is 8.90. The fraction of sp³-hybridized carbons (Fsp3) is 0.625. The molecule has 0 aliphatic rings. The predicted molar refractivity (Wildman–Crippen MR) is 41.9 cm³/mol. The molecular weight excluding hydrogens is 126 g/mol. The Morgan fingerprint density at radius 3 is 2.20 bits per heavy atom. The van der Waals surface area contributed by atoms with Gasteiger partial charge in [0, 0.05) is 6.07 Å². The Kier molecular flexibility index (Phi) is 4.63. The van der Waals surface area contributed by atoms with E-state index in [1.807, 2.05) is 19.9 Å². The molecule has 0 fully saturated rings. The highest BCUT2D eigenvalue weighted by molar-refractivity contribution is 4.99. The molecule has 0 bridgehead atoms. The lowest BCUT2D eigenvalue weighted by Crippen LogP contribution is -1.83. The van der Waals surface area contributed by atoms with E-state index in [9.17, 15) is 0 Å². The molecule has 0 saturated heterocycles. The zero-order valence-corrected chi connectivity index (χ0v) is 7.09. The summed E-state index contributed by atoms with van der Waals surface area (Å²) in [5.41, 5.74) is 1.02. The van der Waals surface area contributed by atoms with E-state index in [2.05, 4.69) is 23.5 Å². The highest BCUT2D eigenvalue weighted by Gasteiger charge is 1.98. The molecule has 0 aliphatic carbocycles. The van der Waals surface area contributed by atoms with Gasteiger partial charge in [-0.2, -0.15) is 0 Å². The lowest BCUT2D eigenvalue weighted by molar-refractivity contribution is 0.408. The van der Waals surface area contributed by atoms with Gasteiger partial charge in [0.2, 0.25) is 0 Å². The van der Waals surface area contributed by atoms with Crippen LogP contribution in [0.1, 0.15) is 39.3 Å². The molecule has 0 unspecified atom stereocenters. The van der Waals surface area contributed by atoms with Crippen molar-refractivity contribution in [1.82, 2.24) is 5.16 Å². The van der Waals surface area contributed by atoms with Crippen LogP contribution in [0, 0.1) is 0 Å². The van der Waals surface area contributed by atoms with Crippen molar-refractivity contribution < 1.29 is 4.52 Å². The molecule has 1 heterocycles. The molecule has 0 aliphatic heterocycles. The second-order valence-corrected chi connectivity index (χ2v) is 2.08. The van der Waals surface area contributed by atoms with Gasteiger partial charge in [0.05, 0.1) is 5.69 Å². The summed E-state index contributed by atoms with van der Waals surface area (Å²) in [6.07, 6.45) is 1.59. The highest BCUT2D eigenvalue weighted by Crippen LogP contribution is 2.09. The highest BCUT2D eigenvalue weighted by atomic mass is 16.5. The molecule has 0 atom stereocenters. The number of hydrogen-bond donors (Lipinski definition) is 0. The first kappa shape index (κ1) is 9.21. The fourth-order valence-corrected chi connectivity index (χ4v) is 0.520. The van der Waals surface area contributed by atoms with Crippen LogP contribution in [0.4, 0.5) is 0 Å². The molecule has 58 valence electrons. The predicted octanol–water partition coefficient (Wildman–Crippen LogP) is 2.82. The van der Waals surface area contributed by atoms with Crippen LogP contribution in [0.15, 0.2) is 16.9 Å². The van der Waals surface area contributed by atoms with Crippen molar-refractivity contribution in [3.8, 4) is 0 Å². The Bertz CT molecular complexity index is 144. The lowest BCUT2D eigenvalue weighted by Gasteiger charge is -1.92. The van der Waals surface area contributed by atoms with E-state index in [1.54, 1.807) is 6.26 Å². The smallest absolute Gasteiger partial charge is 0.124 e. The molecule has 1 aromatic heterocycles. The van der Waals surface area contributed by atoms with Crippen molar-refractivity contribution in [2.45, 2.75) is 33.6 Å². The SMILES string of the molecule is CC.CC(C)c1ccon1. The third-order valence-corrected chi connectivity index (χ3v) is 1.05. The Morgan fingerprint density at radius 1 is 1.40 bits per heavy atom. The Balaban J connectivity index is 0.000000371. The first-order chi connectivity index (χ1) is 4.80. The van der Waals surface area contributed by atoms with Gasteiger partial charge in [-0.3, -0.25) is 0 Å². The summed E-state index contributed by atoms with van der Waals surface area (Å²) in [4.78, 5) is 0. The van der Waals surface area contributed by atoms with E-state index < -0.39 is 0 Å². The van der Waals surface area contributed by atoms with Gasteiger partial charge < -0.3 is 4.52 Å². The first-order valence-corrected chi connectivity index (χ1v) is 3.71. The third kappa shape index (κ3) is 2.67. The van der Waals surface area contributed by atoms with Gasteiger partial charge in [-0.1, -0.05) is 32.9 Å². The molecule has 0 N–H and O–H groups in total. The zero-order chi connectivity index (χ0) is 7.98.